The molecule has 0 spiro atoms. The summed E-state index contributed by atoms with van der Waals surface area (Å²) in [4.78, 5) is 28.9. The molecule has 1 unspecified atom stereocenters. The first kappa shape index (κ1) is 13.1. The number of nitrogens with zero attached hydrogens (tertiary/aromatic N) is 2. The predicted molar refractivity (Wildman–Crippen MR) is 79.2 cm³/mol. The van der Waals surface area contributed by atoms with E-state index < -0.39 is 6.04 Å². The highest BCUT2D eigenvalue weighted by Gasteiger charge is 2.36. The van der Waals surface area contributed by atoms with Crippen LogP contribution in [0.4, 0.5) is 5.82 Å². The lowest BCUT2D eigenvalue weighted by Crippen LogP contribution is -2.32. The highest BCUT2D eigenvalue weighted by Crippen LogP contribution is 2.28. The van der Waals surface area contributed by atoms with Gasteiger partial charge in [-0.1, -0.05) is 28.1 Å². The fraction of sp³-hybridized carbons (Fsp3) is 0.214. The van der Waals surface area contributed by atoms with Crippen molar-refractivity contribution in [3.8, 4) is 0 Å². The third-order valence-corrected chi connectivity index (χ3v) is 4.14. The third kappa shape index (κ3) is 2.06. The molecule has 6 heteroatoms. The van der Waals surface area contributed by atoms with Crippen LogP contribution < -0.4 is 5.32 Å². The number of hydrogen-bond acceptors (Lipinski definition) is 4. The Labute approximate surface area is 124 Å². The predicted octanol–water partition coefficient (Wildman–Crippen LogP) is 2.17. The van der Waals surface area contributed by atoms with E-state index in [1.54, 1.807) is 6.20 Å². The number of halogens is 1. The molecule has 1 aromatic carbocycles. The summed E-state index contributed by atoms with van der Waals surface area (Å²) in [6.07, 6.45) is 1.85. The van der Waals surface area contributed by atoms with Gasteiger partial charge in [0.05, 0.1) is 6.42 Å². The van der Waals surface area contributed by atoms with Crippen molar-refractivity contribution >= 4 is 44.3 Å². The second-order valence-corrected chi connectivity index (χ2v) is 5.54. The molecule has 102 valence electrons. The molecular weight excluding hydrogens is 322 g/mol. The number of likely N-dealkylation sites (tertiary alicyclic amines) is 1. The van der Waals surface area contributed by atoms with Gasteiger partial charge in [-0.05, 0) is 12.1 Å². The lowest BCUT2D eigenvalue weighted by molar-refractivity contribution is -0.136. The maximum atomic E-state index is 11.9. The van der Waals surface area contributed by atoms with Gasteiger partial charge in [0.15, 0.2) is 0 Å². The van der Waals surface area contributed by atoms with Crippen LogP contribution in [0.1, 0.15) is 6.42 Å². The number of nitrogens with one attached hydrogen (secondary N) is 1. The molecule has 1 atom stereocenters. The van der Waals surface area contributed by atoms with E-state index in [1.807, 2.05) is 24.3 Å². The van der Waals surface area contributed by atoms with Crippen molar-refractivity contribution in [2.75, 3.05) is 12.4 Å². The monoisotopic (exact) mass is 333 g/mol. The molecule has 3 rings (SSSR count). The Bertz CT molecular complexity index is 717. The number of carbonyl (C=O) groups excluding carboxylic acids is 2. The van der Waals surface area contributed by atoms with Crippen LogP contribution in [0.15, 0.2) is 34.9 Å². The summed E-state index contributed by atoms with van der Waals surface area (Å²) < 4.78 is 0.964. The van der Waals surface area contributed by atoms with Crippen LogP contribution in [0.3, 0.4) is 0 Å². The van der Waals surface area contributed by atoms with Crippen molar-refractivity contribution in [3.63, 3.8) is 0 Å². The molecule has 1 aliphatic rings. The Morgan fingerprint density at radius 2 is 2.10 bits per heavy atom. The van der Waals surface area contributed by atoms with Crippen LogP contribution in [-0.2, 0) is 9.59 Å². The van der Waals surface area contributed by atoms with E-state index in [0.29, 0.717) is 5.82 Å². The summed E-state index contributed by atoms with van der Waals surface area (Å²) in [6, 6.07) is 7.15. The first-order valence-corrected chi connectivity index (χ1v) is 6.97. The number of rotatable bonds is 2. The van der Waals surface area contributed by atoms with E-state index in [1.165, 1.54) is 7.05 Å². The first-order chi connectivity index (χ1) is 9.58. The topological polar surface area (TPSA) is 62.3 Å². The van der Waals surface area contributed by atoms with E-state index in [4.69, 9.17) is 0 Å². The van der Waals surface area contributed by atoms with Gasteiger partial charge in [-0.25, -0.2) is 4.98 Å². The number of imide groups is 1. The minimum atomic E-state index is -0.537. The van der Waals surface area contributed by atoms with Gasteiger partial charge < -0.3 is 5.32 Å². The van der Waals surface area contributed by atoms with E-state index in [0.717, 1.165) is 20.1 Å². The van der Waals surface area contributed by atoms with E-state index in [-0.39, 0.29) is 18.2 Å². The molecule has 20 heavy (non-hydrogen) atoms. The molecule has 0 radical (unpaired) electrons. The molecule has 1 saturated heterocycles. The average molecular weight is 334 g/mol. The number of benzene rings is 1. The maximum absolute atomic E-state index is 11.9. The largest absolute Gasteiger partial charge is 0.357 e. The SMILES string of the molecule is CN1C(=O)CC(Nc2nccc3c(Br)cccc23)C1=O. The molecular formula is C14H12BrN3O2. The van der Waals surface area contributed by atoms with Crippen molar-refractivity contribution in [1.29, 1.82) is 0 Å². The summed E-state index contributed by atoms with van der Waals surface area (Å²) in [5, 5.41) is 5.00. The number of amides is 2. The van der Waals surface area contributed by atoms with Crippen molar-refractivity contribution in [2.45, 2.75) is 12.5 Å². The van der Waals surface area contributed by atoms with Crippen LogP contribution >= 0.6 is 15.9 Å². The highest BCUT2D eigenvalue weighted by atomic mass is 79.9. The van der Waals surface area contributed by atoms with Gasteiger partial charge in [0.1, 0.15) is 11.9 Å². The van der Waals surface area contributed by atoms with Gasteiger partial charge in [-0.3, -0.25) is 14.5 Å². The summed E-state index contributed by atoms with van der Waals surface area (Å²) in [7, 11) is 1.50. The zero-order chi connectivity index (χ0) is 14.3. The fourth-order valence-electron chi connectivity index (χ4n) is 2.32. The molecule has 0 aliphatic carbocycles. The Hall–Kier alpha value is -1.95. The van der Waals surface area contributed by atoms with Gasteiger partial charge >= 0.3 is 0 Å². The zero-order valence-corrected chi connectivity index (χ0v) is 12.3. The molecule has 2 aromatic rings. The van der Waals surface area contributed by atoms with Crippen LogP contribution in [0, 0.1) is 0 Å². The maximum Gasteiger partial charge on any atom is 0.251 e. The Morgan fingerprint density at radius 1 is 1.30 bits per heavy atom. The van der Waals surface area contributed by atoms with Gasteiger partial charge in [0.2, 0.25) is 5.91 Å². The highest BCUT2D eigenvalue weighted by molar-refractivity contribution is 9.10. The van der Waals surface area contributed by atoms with E-state index >= 15 is 0 Å². The summed E-state index contributed by atoms with van der Waals surface area (Å²) in [6.45, 7) is 0. The molecule has 0 bridgehead atoms. The van der Waals surface area contributed by atoms with Crippen LogP contribution in [0.2, 0.25) is 0 Å². The Balaban J connectivity index is 1.98. The summed E-state index contributed by atoms with van der Waals surface area (Å²) in [5.41, 5.74) is 0. The lowest BCUT2D eigenvalue weighted by atomic mass is 10.1. The average Bonchev–Trinajstić information content (AvgIpc) is 2.68. The van der Waals surface area contributed by atoms with Gasteiger partial charge in [-0.15, -0.1) is 0 Å². The second-order valence-electron chi connectivity index (χ2n) is 4.69. The van der Waals surface area contributed by atoms with Crippen LogP contribution in [0.25, 0.3) is 10.8 Å². The molecule has 1 N–H and O–H groups in total. The minimum absolute atomic E-state index is 0.168. The molecule has 2 heterocycles. The van der Waals surface area contributed by atoms with Crippen molar-refractivity contribution < 1.29 is 9.59 Å². The van der Waals surface area contributed by atoms with Gasteiger partial charge in [-0.2, -0.15) is 0 Å². The third-order valence-electron chi connectivity index (χ3n) is 3.45. The molecule has 1 fully saturated rings. The van der Waals surface area contributed by atoms with Crippen LogP contribution in [-0.4, -0.2) is 34.8 Å². The summed E-state index contributed by atoms with van der Waals surface area (Å²) >= 11 is 3.49. The quantitative estimate of drug-likeness (QED) is 0.855. The van der Waals surface area contributed by atoms with Crippen molar-refractivity contribution in [2.24, 2.45) is 0 Å². The number of aromatic nitrogens is 1. The number of carbonyl (C=O) groups is 2. The molecule has 0 saturated carbocycles. The number of fused-ring (bicyclic) bond motifs is 1. The zero-order valence-electron chi connectivity index (χ0n) is 10.8. The van der Waals surface area contributed by atoms with Crippen molar-refractivity contribution in [3.05, 3.63) is 34.9 Å². The fourth-order valence-corrected chi connectivity index (χ4v) is 2.82. The Kier molecular flexibility index (Phi) is 3.17. The normalized spacial score (nSPS) is 18.9. The second kappa shape index (κ2) is 4.86. The number of anilines is 1. The summed E-state index contributed by atoms with van der Waals surface area (Å²) in [5.74, 6) is 0.225. The molecule has 1 aromatic heterocycles. The van der Waals surface area contributed by atoms with Crippen molar-refractivity contribution in [1.82, 2.24) is 9.88 Å². The smallest absolute Gasteiger partial charge is 0.251 e. The standard InChI is InChI=1S/C14H12BrN3O2/c1-18-12(19)7-11(14(18)20)17-13-9-3-2-4-10(15)8(9)5-6-16-13/h2-6,11H,7H2,1H3,(H,16,17). The number of hydrogen-bond donors (Lipinski definition) is 1. The number of likely N-dealkylation sites (N-methyl/N-ethyl adjacent to an activating group) is 1. The van der Waals surface area contributed by atoms with E-state index in [9.17, 15) is 9.59 Å². The lowest BCUT2D eigenvalue weighted by Gasteiger charge is -2.13. The minimum Gasteiger partial charge on any atom is -0.357 e. The molecule has 2 amide bonds. The van der Waals surface area contributed by atoms with Gasteiger partial charge in [0, 0.05) is 28.5 Å². The first-order valence-electron chi connectivity index (χ1n) is 6.18. The number of pyridine rings is 1. The molecule has 5 nitrogen and oxygen atoms in total. The molecule has 1 aliphatic heterocycles. The van der Waals surface area contributed by atoms with Crippen LogP contribution in [0.5, 0.6) is 0 Å². The Morgan fingerprint density at radius 3 is 2.80 bits per heavy atom. The van der Waals surface area contributed by atoms with E-state index in [2.05, 4.69) is 26.2 Å². The van der Waals surface area contributed by atoms with Gasteiger partial charge in [0.25, 0.3) is 5.91 Å².